The van der Waals surface area contributed by atoms with Crippen molar-refractivity contribution in [1.82, 2.24) is 9.55 Å². The number of hydrogen-bond acceptors (Lipinski definition) is 2. The van der Waals surface area contributed by atoms with E-state index in [2.05, 4.69) is 52.3 Å². The van der Waals surface area contributed by atoms with Crippen molar-refractivity contribution in [3.63, 3.8) is 0 Å². The molecule has 0 fully saturated rings. The van der Waals surface area contributed by atoms with Crippen molar-refractivity contribution in [2.24, 2.45) is 0 Å². The molecular weight excluding hydrogens is 210 g/mol. The predicted octanol–water partition coefficient (Wildman–Crippen LogP) is 3.00. The summed E-state index contributed by atoms with van der Waals surface area (Å²) in [7, 11) is 0. The Hall–Kier alpha value is -1.77. The molecule has 0 spiro atoms. The first-order chi connectivity index (χ1) is 8.38. The largest absolute Gasteiger partial charge is 0.375 e. The molecule has 88 valence electrons. The van der Waals surface area contributed by atoms with Gasteiger partial charge < -0.3 is 9.88 Å². The van der Waals surface area contributed by atoms with E-state index in [9.17, 15) is 0 Å². The number of anilines is 1. The molecule has 0 saturated heterocycles. The number of nitrogens with one attached hydrogen (secondary N) is 1. The standard InChI is InChI=1S/C14H17N3/c1-2-8-17-9-7-15-14(17)13-10-11-5-3-4-6-12(11)16-13/h3-7,9,13,16H,2,8,10H2,1H3. The Kier molecular flexibility index (Phi) is 2.59. The SMILES string of the molecule is CCCn1ccnc1C1Cc2ccccc2N1. The van der Waals surface area contributed by atoms with Crippen molar-refractivity contribution < 1.29 is 0 Å². The molecule has 3 heteroatoms. The Balaban J connectivity index is 1.86. The molecule has 1 aliphatic heterocycles. The Labute approximate surface area is 101 Å². The van der Waals surface area contributed by atoms with Gasteiger partial charge >= 0.3 is 0 Å². The van der Waals surface area contributed by atoms with Crippen LogP contribution >= 0.6 is 0 Å². The zero-order chi connectivity index (χ0) is 11.7. The normalized spacial score (nSPS) is 17.8. The molecule has 1 aromatic heterocycles. The van der Waals surface area contributed by atoms with E-state index in [1.54, 1.807) is 0 Å². The first-order valence-electron chi connectivity index (χ1n) is 6.24. The third-order valence-electron chi connectivity index (χ3n) is 3.30. The van der Waals surface area contributed by atoms with Gasteiger partial charge in [0.1, 0.15) is 5.82 Å². The van der Waals surface area contributed by atoms with Crippen LogP contribution in [0.3, 0.4) is 0 Å². The summed E-state index contributed by atoms with van der Waals surface area (Å²) in [5, 5.41) is 3.55. The van der Waals surface area contributed by atoms with E-state index in [1.807, 2.05) is 6.20 Å². The summed E-state index contributed by atoms with van der Waals surface area (Å²) in [5.74, 6) is 1.16. The first kappa shape index (κ1) is 10.4. The number of imidazole rings is 1. The van der Waals surface area contributed by atoms with E-state index < -0.39 is 0 Å². The highest BCUT2D eigenvalue weighted by Gasteiger charge is 2.24. The van der Waals surface area contributed by atoms with E-state index in [0.29, 0.717) is 6.04 Å². The van der Waals surface area contributed by atoms with Crippen molar-refractivity contribution in [2.75, 3.05) is 5.32 Å². The van der Waals surface area contributed by atoms with E-state index in [1.165, 1.54) is 11.3 Å². The minimum absolute atomic E-state index is 0.328. The molecule has 0 amide bonds. The molecule has 3 rings (SSSR count). The fourth-order valence-corrected chi connectivity index (χ4v) is 2.51. The van der Waals surface area contributed by atoms with Crippen LogP contribution in [0, 0.1) is 0 Å². The molecule has 3 nitrogen and oxygen atoms in total. The molecule has 0 radical (unpaired) electrons. The summed E-state index contributed by atoms with van der Waals surface area (Å²) in [5.41, 5.74) is 2.65. The maximum atomic E-state index is 4.50. The van der Waals surface area contributed by atoms with E-state index in [-0.39, 0.29) is 0 Å². The highest BCUT2D eigenvalue weighted by molar-refractivity contribution is 5.57. The second-order valence-electron chi connectivity index (χ2n) is 4.54. The summed E-state index contributed by atoms with van der Waals surface area (Å²) in [6.07, 6.45) is 6.15. The molecule has 2 heterocycles. The smallest absolute Gasteiger partial charge is 0.131 e. The number of nitrogens with zero attached hydrogens (tertiary/aromatic N) is 2. The van der Waals surface area contributed by atoms with Crippen LogP contribution in [0.25, 0.3) is 0 Å². The van der Waals surface area contributed by atoms with Gasteiger partial charge in [-0.3, -0.25) is 0 Å². The fourth-order valence-electron chi connectivity index (χ4n) is 2.51. The monoisotopic (exact) mass is 227 g/mol. The number of para-hydroxylation sites is 1. The van der Waals surface area contributed by atoms with Crippen LogP contribution in [0.2, 0.25) is 0 Å². The molecule has 0 aliphatic carbocycles. The number of hydrogen-bond donors (Lipinski definition) is 1. The van der Waals surface area contributed by atoms with Crippen molar-refractivity contribution in [3.8, 4) is 0 Å². The van der Waals surface area contributed by atoms with E-state index in [0.717, 1.165) is 25.2 Å². The molecule has 1 unspecified atom stereocenters. The quantitative estimate of drug-likeness (QED) is 0.873. The lowest BCUT2D eigenvalue weighted by Crippen LogP contribution is -2.13. The van der Waals surface area contributed by atoms with Gasteiger partial charge in [0.05, 0.1) is 6.04 Å². The topological polar surface area (TPSA) is 29.9 Å². The van der Waals surface area contributed by atoms with Crippen molar-refractivity contribution in [1.29, 1.82) is 0 Å². The van der Waals surface area contributed by atoms with Gasteiger partial charge in [-0.25, -0.2) is 4.98 Å². The highest BCUT2D eigenvalue weighted by Crippen LogP contribution is 2.33. The zero-order valence-corrected chi connectivity index (χ0v) is 10.1. The predicted molar refractivity (Wildman–Crippen MR) is 69.0 cm³/mol. The molecule has 1 N–H and O–H groups in total. The minimum Gasteiger partial charge on any atom is -0.375 e. The van der Waals surface area contributed by atoms with Gasteiger partial charge in [-0.2, -0.15) is 0 Å². The second kappa shape index (κ2) is 4.24. The van der Waals surface area contributed by atoms with Crippen LogP contribution in [0.5, 0.6) is 0 Å². The summed E-state index contributed by atoms with van der Waals surface area (Å²) in [4.78, 5) is 4.50. The van der Waals surface area contributed by atoms with Crippen molar-refractivity contribution in [2.45, 2.75) is 32.4 Å². The van der Waals surface area contributed by atoms with Crippen LogP contribution in [0.1, 0.15) is 30.8 Å². The first-order valence-corrected chi connectivity index (χ1v) is 6.24. The van der Waals surface area contributed by atoms with Gasteiger partial charge in [-0.1, -0.05) is 25.1 Å². The van der Waals surface area contributed by atoms with Crippen LogP contribution in [-0.2, 0) is 13.0 Å². The lowest BCUT2D eigenvalue weighted by Gasteiger charge is -2.13. The Morgan fingerprint density at radius 3 is 3.12 bits per heavy atom. The molecule has 1 aromatic carbocycles. The van der Waals surface area contributed by atoms with Crippen molar-refractivity contribution in [3.05, 3.63) is 48.0 Å². The number of aryl methyl sites for hydroxylation is 1. The highest BCUT2D eigenvalue weighted by atomic mass is 15.1. The number of benzene rings is 1. The molecule has 1 atom stereocenters. The van der Waals surface area contributed by atoms with Gasteiger partial charge in [0.15, 0.2) is 0 Å². The van der Waals surface area contributed by atoms with E-state index in [4.69, 9.17) is 0 Å². The second-order valence-corrected chi connectivity index (χ2v) is 4.54. The van der Waals surface area contributed by atoms with E-state index >= 15 is 0 Å². The molecular formula is C14H17N3. The number of fused-ring (bicyclic) bond motifs is 1. The van der Waals surface area contributed by atoms with Gasteiger partial charge in [0.2, 0.25) is 0 Å². The third-order valence-corrected chi connectivity index (χ3v) is 3.30. The molecule has 0 saturated carbocycles. The fraction of sp³-hybridized carbons (Fsp3) is 0.357. The van der Waals surface area contributed by atoms with Gasteiger partial charge in [-0.15, -0.1) is 0 Å². The summed E-state index contributed by atoms with van der Waals surface area (Å²) >= 11 is 0. The average Bonchev–Trinajstić information content (AvgIpc) is 2.94. The molecule has 2 aromatic rings. The van der Waals surface area contributed by atoms with Crippen molar-refractivity contribution >= 4 is 5.69 Å². The summed E-state index contributed by atoms with van der Waals surface area (Å²) in [6.45, 7) is 3.24. The Bertz CT molecular complexity index is 491. The van der Waals surface area contributed by atoms with Crippen LogP contribution in [-0.4, -0.2) is 9.55 Å². The van der Waals surface area contributed by atoms with Crippen LogP contribution < -0.4 is 5.32 Å². The van der Waals surface area contributed by atoms with Gasteiger partial charge in [0.25, 0.3) is 0 Å². The maximum absolute atomic E-state index is 4.50. The lowest BCUT2D eigenvalue weighted by molar-refractivity contribution is 0.604. The lowest BCUT2D eigenvalue weighted by atomic mass is 10.1. The minimum atomic E-state index is 0.328. The van der Waals surface area contributed by atoms with Gasteiger partial charge in [-0.05, 0) is 18.1 Å². The molecule has 0 bridgehead atoms. The Morgan fingerprint density at radius 2 is 2.29 bits per heavy atom. The maximum Gasteiger partial charge on any atom is 0.131 e. The average molecular weight is 227 g/mol. The molecule has 17 heavy (non-hydrogen) atoms. The number of aromatic nitrogens is 2. The van der Waals surface area contributed by atoms with Gasteiger partial charge in [0, 0.05) is 31.0 Å². The summed E-state index contributed by atoms with van der Waals surface area (Å²) in [6, 6.07) is 8.83. The third kappa shape index (κ3) is 1.82. The Morgan fingerprint density at radius 1 is 1.41 bits per heavy atom. The molecule has 1 aliphatic rings. The summed E-state index contributed by atoms with van der Waals surface area (Å²) < 4.78 is 2.25. The van der Waals surface area contributed by atoms with Crippen LogP contribution in [0.15, 0.2) is 36.7 Å². The number of rotatable bonds is 3. The zero-order valence-electron chi connectivity index (χ0n) is 10.1. The van der Waals surface area contributed by atoms with Crippen LogP contribution in [0.4, 0.5) is 5.69 Å².